The number of rotatable bonds is 8. The molecule has 3 amide bonds. The van der Waals surface area contributed by atoms with Gasteiger partial charge in [-0.2, -0.15) is 0 Å². The Balaban J connectivity index is 1.34. The SMILES string of the molecule is CCOC(=O)c1ccc(N2C(=O)[C@@H]3[C@H](c4cccnc4)c4sc(=O)n(CC(=O)Nc5ccc(OC)cc5)c4S[C@@H]3C2=O)cc1. The largest absolute Gasteiger partial charge is 0.497 e. The lowest BCUT2D eigenvalue weighted by atomic mass is 9.84. The zero-order valence-electron chi connectivity index (χ0n) is 23.6. The highest BCUT2D eigenvalue weighted by molar-refractivity contribution is 8.00. The summed E-state index contributed by atoms with van der Waals surface area (Å²) in [7, 11) is 1.55. The molecule has 2 aromatic heterocycles. The standard InChI is InChI=1S/C31H26N4O7S2/c1-3-42-30(39)17-6-10-20(11-7-17)35-27(37)24-23(18-5-4-14-32-15-18)26-29(43-25(24)28(35)38)34(31(40)44-26)16-22(36)33-19-8-12-21(41-2)13-9-19/h4-15,23-25H,3,16H2,1-2H3,(H,33,36)/t23-,24+,25-/m0/s1. The van der Waals surface area contributed by atoms with Crippen LogP contribution >= 0.6 is 23.1 Å². The number of aromatic nitrogens is 2. The van der Waals surface area contributed by atoms with Gasteiger partial charge in [0.15, 0.2) is 0 Å². The van der Waals surface area contributed by atoms with Gasteiger partial charge in [-0.1, -0.05) is 29.2 Å². The molecular formula is C31H26N4O7S2. The molecule has 13 heteroatoms. The number of benzene rings is 2. The van der Waals surface area contributed by atoms with E-state index in [1.807, 2.05) is 6.07 Å². The highest BCUT2D eigenvalue weighted by Crippen LogP contribution is 2.53. The van der Waals surface area contributed by atoms with Crippen molar-refractivity contribution in [1.82, 2.24) is 9.55 Å². The third-order valence-electron chi connectivity index (χ3n) is 7.40. The van der Waals surface area contributed by atoms with Crippen LogP contribution in [0.5, 0.6) is 5.75 Å². The minimum atomic E-state index is -0.852. The summed E-state index contributed by atoms with van der Waals surface area (Å²) in [6.07, 6.45) is 3.23. The number of esters is 1. The summed E-state index contributed by atoms with van der Waals surface area (Å²) in [5, 5.41) is 2.41. The summed E-state index contributed by atoms with van der Waals surface area (Å²) < 4.78 is 11.6. The van der Waals surface area contributed by atoms with Gasteiger partial charge in [-0.05, 0) is 67.1 Å². The van der Waals surface area contributed by atoms with E-state index in [2.05, 4.69) is 10.3 Å². The first-order valence-corrected chi connectivity index (χ1v) is 15.4. The Morgan fingerprint density at radius 1 is 1.00 bits per heavy atom. The number of hydrogen-bond acceptors (Lipinski definition) is 10. The second kappa shape index (κ2) is 12.1. The van der Waals surface area contributed by atoms with Crippen LogP contribution < -0.4 is 19.8 Å². The van der Waals surface area contributed by atoms with Gasteiger partial charge in [0.05, 0.1) is 35.9 Å². The second-order valence-electron chi connectivity index (χ2n) is 10.0. The third-order valence-corrected chi connectivity index (χ3v) is 10.0. The first-order valence-electron chi connectivity index (χ1n) is 13.7. The Hall–Kier alpha value is -4.75. The van der Waals surface area contributed by atoms with Gasteiger partial charge in [0.1, 0.15) is 17.5 Å². The van der Waals surface area contributed by atoms with Crippen molar-refractivity contribution in [2.45, 2.75) is 29.7 Å². The van der Waals surface area contributed by atoms with Crippen LogP contribution in [0.3, 0.4) is 0 Å². The maximum absolute atomic E-state index is 14.0. The number of pyridine rings is 1. The van der Waals surface area contributed by atoms with Crippen molar-refractivity contribution in [2.24, 2.45) is 5.92 Å². The molecule has 3 atom stereocenters. The van der Waals surface area contributed by atoms with E-state index in [9.17, 15) is 24.0 Å². The van der Waals surface area contributed by atoms with Gasteiger partial charge in [0.25, 0.3) is 0 Å². The molecule has 2 aliphatic rings. The molecule has 44 heavy (non-hydrogen) atoms. The average Bonchev–Trinajstić information content (AvgIpc) is 3.48. The van der Waals surface area contributed by atoms with Crippen LogP contribution in [-0.2, 0) is 25.7 Å². The van der Waals surface area contributed by atoms with E-state index in [1.54, 1.807) is 68.9 Å². The first-order chi connectivity index (χ1) is 21.3. The molecule has 11 nitrogen and oxygen atoms in total. The Bertz CT molecular complexity index is 1800. The minimum absolute atomic E-state index is 0.221. The number of nitrogens with one attached hydrogen (secondary N) is 1. The molecule has 0 unspecified atom stereocenters. The molecule has 0 spiro atoms. The Kier molecular flexibility index (Phi) is 8.06. The molecule has 4 aromatic rings. The number of carbonyl (C=O) groups is 4. The Labute approximate surface area is 259 Å². The van der Waals surface area contributed by atoms with Crippen molar-refractivity contribution >= 4 is 58.2 Å². The number of methoxy groups -OCH3 is 1. The molecule has 1 N–H and O–H groups in total. The number of ether oxygens (including phenoxy) is 2. The number of amides is 3. The molecule has 2 aromatic carbocycles. The second-order valence-corrected chi connectivity index (χ2v) is 12.1. The fourth-order valence-corrected chi connectivity index (χ4v) is 8.18. The number of carbonyl (C=O) groups excluding carboxylic acids is 4. The quantitative estimate of drug-likeness (QED) is 0.227. The molecule has 0 bridgehead atoms. The monoisotopic (exact) mass is 630 g/mol. The molecule has 6 rings (SSSR count). The highest BCUT2D eigenvalue weighted by atomic mass is 32.2. The van der Waals surface area contributed by atoms with Gasteiger partial charge < -0.3 is 14.8 Å². The summed E-state index contributed by atoms with van der Waals surface area (Å²) >= 11 is 2.08. The lowest BCUT2D eigenvalue weighted by Crippen LogP contribution is -2.33. The third kappa shape index (κ3) is 5.28. The number of anilines is 2. The summed E-state index contributed by atoms with van der Waals surface area (Å²) in [5.74, 6) is -2.59. The summed E-state index contributed by atoms with van der Waals surface area (Å²) in [5.41, 5.74) is 1.84. The average molecular weight is 631 g/mol. The molecule has 2 aliphatic heterocycles. The zero-order valence-corrected chi connectivity index (χ0v) is 25.2. The summed E-state index contributed by atoms with van der Waals surface area (Å²) in [4.78, 5) is 72.0. The van der Waals surface area contributed by atoms with Crippen molar-refractivity contribution in [3.05, 3.63) is 98.7 Å². The van der Waals surface area contributed by atoms with Crippen molar-refractivity contribution in [1.29, 1.82) is 0 Å². The van der Waals surface area contributed by atoms with Crippen LogP contribution in [0.15, 0.2) is 82.9 Å². The smallest absolute Gasteiger partial charge is 0.338 e. The highest BCUT2D eigenvalue weighted by Gasteiger charge is 2.56. The van der Waals surface area contributed by atoms with E-state index in [1.165, 1.54) is 16.7 Å². The number of fused-ring (bicyclic) bond motifs is 2. The van der Waals surface area contributed by atoms with Crippen LogP contribution in [-0.4, -0.2) is 52.2 Å². The number of thioether (sulfide) groups is 1. The number of hydrogen-bond donors (Lipinski definition) is 1. The molecule has 0 radical (unpaired) electrons. The predicted molar refractivity (Wildman–Crippen MR) is 164 cm³/mol. The van der Waals surface area contributed by atoms with E-state index in [0.717, 1.165) is 28.0 Å². The predicted octanol–water partition coefficient (Wildman–Crippen LogP) is 3.92. The van der Waals surface area contributed by atoms with E-state index in [4.69, 9.17) is 9.47 Å². The van der Waals surface area contributed by atoms with Crippen molar-refractivity contribution in [3.63, 3.8) is 0 Å². The molecule has 0 saturated carbocycles. The van der Waals surface area contributed by atoms with Gasteiger partial charge in [0.2, 0.25) is 17.7 Å². The molecule has 1 fully saturated rings. The van der Waals surface area contributed by atoms with Crippen LogP contribution in [0, 0.1) is 5.92 Å². The number of nitrogens with zero attached hydrogens (tertiary/aromatic N) is 3. The lowest BCUT2D eigenvalue weighted by molar-refractivity contribution is -0.122. The first kappa shape index (κ1) is 29.3. The van der Waals surface area contributed by atoms with E-state index in [0.29, 0.717) is 38.2 Å². The van der Waals surface area contributed by atoms with Crippen molar-refractivity contribution < 1.29 is 28.7 Å². The van der Waals surface area contributed by atoms with Gasteiger partial charge in [0, 0.05) is 28.9 Å². The van der Waals surface area contributed by atoms with Gasteiger partial charge in [-0.25, -0.2) is 9.69 Å². The zero-order chi connectivity index (χ0) is 31.0. The fraction of sp³-hybridized carbons (Fsp3) is 0.226. The molecular weight excluding hydrogens is 604 g/mol. The van der Waals surface area contributed by atoms with Crippen molar-refractivity contribution in [3.8, 4) is 5.75 Å². The lowest BCUT2D eigenvalue weighted by Gasteiger charge is -2.30. The summed E-state index contributed by atoms with van der Waals surface area (Å²) in [6, 6.07) is 16.5. The molecule has 1 saturated heterocycles. The van der Waals surface area contributed by atoms with Gasteiger partial charge in [-0.3, -0.25) is 28.7 Å². The minimum Gasteiger partial charge on any atom is -0.497 e. The van der Waals surface area contributed by atoms with Crippen LogP contribution in [0.2, 0.25) is 0 Å². The number of thiazole rings is 1. The van der Waals surface area contributed by atoms with E-state index >= 15 is 0 Å². The van der Waals surface area contributed by atoms with Crippen molar-refractivity contribution in [2.75, 3.05) is 23.9 Å². The number of imide groups is 1. The topological polar surface area (TPSA) is 137 Å². The van der Waals surface area contributed by atoms with Gasteiger partial charge in [-0.15, -0.1) is 0 Å². The van der Waals surface area contributed by atoms with Crippen LogP contribution in [0.1, 0.15) is 33.6 Å². The normalized spacial score (nSPS) is 18.9. The fourth-order valence-electron chi connectivity index (χ4n) is 5.41. The maximum Gasteiger partial charge on any atom is 0.338 e. The van der Waals surface area contributed by atoms with Crippen LogP contribution in [0.25, 0.3) is 0 Å². The maximum atomic E-state index is 14.0. The molecule has 4 heterocycles. The molecule has 0 aliphatic carbocycles. The van der Waals surface area contributed by atoms with Gasteiger partial charge >= 0.3 is 10.8 Å². The summed E-state index contributed by atoms with van der Waals surface area (Å²) in [6.45, 7) is 1.65. The van der Waals surface area contributed by atoms with E-state index < -0.39 is 40.8 Å². The molecule has 224 valence electrons. The Morgan fingerprint density at radius 3 is 2.41 bits per heavy atom. The Morgan fingerprint density at radius 2 is 1.75 bits per heavy atom. The van der Waals surface area contributed by atoms with E-state index in [-0.39, 0.29) is 18.0 Å². The van der Waals surface area contributed by atoms with Crippen LogP contribution in [0.4, 0.5) is 11.4 Å².